The molecule has 0 atom stereocenters. The van der Waals surface area contributed by atoms with E-state index >= 15 is 0 Å². The van der Waals surface area contributed by atoms with E-state index in [1.807, 2.05) is 0 Å². The molecule has 6 nitrogen and oxygen atoms in total. The van der Waals surface area contributed by atoms with E-state index in [1.54, 1.807) is 0 Å². The minimum atomic E-state index is -2.60. The fourth-order valence-electron chi connectivity index (χ4n) is 1.17. The quantitative estimate of drug-likeness (QED) is 0.624. The van der Waals surface area contributed by atoms with Gasteiger partial charge in [0.05, 0.1) is 11.5 Å². The van der Waals surface area contributed by atoms with Crippen LogP contribution in [0.4, 0.5) is 26.1 Å². The van der Waals surface area contributed by atoms with Gasteiger partial charge in [-0.25, -0.2) is 13.8 Å². The maximum absolute atomic E-state index is 12.1. The highest BCUT2D eigenvalue weighted by Crippen LogP contribution is 2.26. The third-order valence-corrected chi connectivity index (χ3v) is 1.85. The Bertz CT molecular complexity index is 400. The second-order valence-electron chi connectivity index (χ2n) is 3.11. The molecule has 0 unspecified atom stereocenters. The normalized spacial score (nSPS) is 10.5. The van der Waals surface area contributed by atoms with Gasteiger partial charge >= 0.3 is 5.69 Å². The van der Waals surface area contributed by atoms with Crippen molar-refractivity contribution >= 4 is 17.3 Å². The van der Waals surface area contributed by atoms with Crippen molar-refractivity contribution in [1.82, 2.24) is 4.98 Å². The molecule has 1 aromatic rings. The predicted molar refractivity (Wildman–Crippen MR) is 54.6 cm³/mol. The number of rotatable bonds is 4. The summed E-state index contributed by atoms with van der Waals surface area (Å²) in [5.74, 6) is -0.119. The first-order valence-corrected chi connectivity index (χ1v) is 4.32. The number of hydrogen-bond acceptors (Lipinski definition) is 5. The third-order valence-electron chi connectivity index (χ3n) is 1.85. The van der Waals surface area contributed by atoms with Crippen LogP contribution in [-0.2, 0) is 0 Å². The molecule has 16 heavy (non-hydrogen) atoms. The molecule has 0 aromatic carbocycles. The molecule has 0 aliphatic rings. The Morgan fingerprint density at radius 1 is 1.62 bits per heavy atom. The fourth-order valence-corrected chi connectivity index (χ4v) is 1.17. The molecule has 0 spiro atoms. The van der Waals surface area contributed by atoms with Crippen LogP contribution in [-0.4, -0.2) is 29.9 Å². The second-order valence-corrected chi connectivity index (χ2v) is 3.11. The van der Waals surface area contributed by atoms with Crippen molar-refractivity contribution < 1.29 is 13.7 Å². The van der Waals surface area contributed by atoms with Gasteiger partial charge in [0.25, 0.3) is 6.43 Å². The molecule has 0 aliphatic carbocycles. The van der Waals surface area contributed by atoms with Crippen molar-refractivity contribution in [2.75, 3.05) is 24.2 Å². The van der Waals surface area contributed by atoms with Gasteiger partial charge in [-0.2, -0.15) is 0 Å². The Labute approximate surface area is 89.8 Å². The van der Waals surface area contributed by atoms with Gasteiger partial charge in [-0.15, -0.1) is 0 Å². The average Bonchev–Trinajstić information content (AvgIpc) is 2.15. The number of anilines is 2. The third kappa shape index (κ3) is 2.75. The molecule has 2 N–H and O–H groups in total. The number of nitrogen functional groups attached to an aromatic ring is 1. The highest BCUT2D eigenvalue weighted by atomic mass is 19.3. The monoisotopic (exact) mass is 232 g/mol. The summed E-state index contributed by atoms with van der Waals surface area (Å²) in [6, 6.07) is 2.39. The van der Waals surface area contributed by atoms with Gasteiger partial charge in [0.1, 0.15) is 5.82 Å². The number of nitro groups is 1. The highest BCUT2D eigenvalue weighted by molar-refractivity contribution is 5.60. The summed E-state index contributed by atoms with van der Waals surface area (Å²) in [5.41, 5.74) is 5.00. The van der Waals surface area contributed by atoms with Crippen LogP contribution in [0, 0.1) is 10.1 Å². The zero-order valence-corrected chi connectivity index (χ0v) is 8.43. The second kappa shape index (κ2) is 4.69. The van der Waals surface area contributed by atoms with Gasteiger partial charge in [-0.05, 0) is 6.07 Å². The van der Waals surface area contributed by atoms with Crippen molar-refractivity contribution in [3.8, 4) is 0 Å². The van der Waals surface area contributed by atoms with Crippen molar-refractivity contribution in [1.29, 1.82) is 0 Å². The molecule has 0 radical (unpaired) electrons. The molecule has 0 amide bonds. The summed E-state index contributed by atoms with van der Waals surface area (Å²) in [4.78, 5) is 14.6. The summed E-state index contributed by atoms with van der Waals surface area (Å²) in [6.45, 7) is -0.642. The lowest BCUT2D eigenvalue weighted by atomic mass is 10.3. The minimum absolute atomic E-state index is 0.0433. The molecule has 8 heteroatoms. The Kier molecular flexibility index (Phi) is 3.54. The van der Waals surface area contributed by atoms with Crippen LogP contribution in [0.5, 0.6) is 0 Å². The van der Waals surface area contributed by atoms with E-state index in [1.165, 1.54) is 13.1 Å². The van der Waals surface area contributed by atoms with E-state index in [9.17, 15) is 18.9 Å². The smallest absolute Gasteiger partial charge is 0.311 e. The number of hydrogen-bond donors (Lipinski definition) is 1. The van der Waals surface area contributed by atoms with Crippen LogP contribution < -0.4 is 10.6 Å². The summed E-state index contributed by atoms with van der Waals surface area (Å²) in [6.07, 6.45) is -2.60. The Morgan fingerprint density at radius 2 is 2.25 bits per heavy atom. The average molecular weight is 232 g/mol. The van der Waals surface area contributed by atoms with Crippen molar-refractivity contribution in [2.24, 2.45) is 0 Å². The molecule has 0 bridgehead atoms. The molecule has 0 saturated carbocycles. The number of nitrogens with two attached hydrogens (primary N) is 1. The van der Waals surface area contributed by atoms with E-state index < -0.39 is 17.9 Å². The summed E-state index contributed by atoms with van der Waals surface area (Å²) < 4.78 is 24.3. The van der Waals surface area contributed by atoms with Gasteiger partial charge in [-0.3, -0.25) is 10.1 Å². The SMILES string of the molecule is CN(CC(F)F)c1nc(N)ccc1[N+](=O)[O-]. The zero-order chi connectivity index (χ0) is 12.3. The maximum atomic E-state index is 12.1. The van der Waals surface area contributed by atoms with Crippen molar-refractivity contribution in [3.05, 3.63) is 22.2 Å². The lowest BCUT2D eigenvalue weighted by molar-refractivity contribution is -0.384. The number of alkyl halides is 2. The van der Waals surface area contributed by atoms with Crippen LogP contribution in [0.25, 0.3) is 0 Å². The Balaban J connectivity index is 3.09. The molecule has 0 saturated heterocycles. The summed E-state index contributed by atoms with van der Waals surface area (Å²) in [7, 11) is 1.29. The van der Waals surface area contributed by atoms with Crippen LogP contribution in [0.3, 0.4) is 0 Å². The van der Waals surface area contributed by atoms with Crippen LogP contribution in [0.15, 0.2) is 12.1 Å². The standard InChI is InChI=1S/C8H10F2N4O2/c1-13(4-6(9)10)8-5(14(15)16)2-3-7(11)12-8/h2-3,6H,4H2,1H3,(H2,11,12). The fraction of sp³-hybridized carbons (Fsp3) is 0.375. The lowest BCUT2D eigenvalue weighted by Crippen LogP contribution is -2.26. The van der Waals surface area contributed by atoms with E-state index in [0.29, 0.717) is 0 Å². The molecule has 88 valence electrons. The van der Waals surface area contributed by atoms with Gasteiger partial charge in [-0.1, -0.05) is 0 Å². The Morgan fingerprint density at radius 3 is 2.75 bits per heavy atom. The van der Waals surface area contributed by atoms with Crippen LogP contribution >= 0.6 is 0 Å². The van der Waals surface area contributed by atoms with Gasteiger partial charge in [0.15, 0.2) is 0 Å². The summed E-state index contributed by atoms with van der Waals surface area (Å²) >= 11 is 0. The maximum Gasteiger partial charge on any atom is 0.311 e. The molecule has 0 fully saturated rings. The largest absolute Gasteiger partial charge is 0.384 e. The van der Waals surface area contributed by atoms with E-state index in [-0.39, 0.29) is 17.3 Å². The van der Waals surface area contributed by atoms with E-state index in [2.05, 4.69) is 4.98 Å². The summed E-state index contributed by atoms with van der Waals surface area (Å²) in [5, 5.41) is 10.6. The highest BCUT2D eigenvalue weighted by Gasteiger charge is 2.21. The number of nitrogens with zero attached hydrogens (tertiary/aromatic N) is 3. The molecular weight excluding hydrogens is 222 g/mol. The van der Waals surface area contributed by atoms with E-state index in [4.69, 9.17) is 5.73 Å². The molecule has 1 rings (SSSR count). The van der Waals surface area contributed by atoms with E-state index in [0.717, 1.165) is 11.0 Å². The first-order valence-electron chi connectivity index (χ1n) is 4.32. The number of halogens is 2. The first-order chi connectivity index (χ1) is 7.41. The van der Waals surface area contributed by atoms with Gasteiger partial charge < -0.3 is 10.6 Å². The molecular formula is C8H10F2N4O2. The number of aromatic nitrogens is 1. The van der Waals surface area contributed by atoms with Crippen molar-refractivity contribution in [3.63, 3.8) is 0 Å². The minimum Gasteiger partial charge on any atom is -0.384 e. The van der Waals surface area contributed by atoms with Crippen molar-refractivity contribution in [2.45, 2.75) is 6.43 Å². The first kappa shape index (κ1) is 12.1. The molecule has 1 aromatic heterocycles. The van der Waals surface area contributed by atoms with Gasteiger partial charge in [0, 0.05) is 13.1 Å². The topological polar surface area (TPSA) is 85.3 Å². The predicted octanol–water partition coefficient (Wildman–Crippen LogP) is 1.27. The van der Waals surface area contributed by atoms with Crippen LogP contribution in [0.2, 0.25) is 0 Å². The Hall–Kier alpha value is -1.99. The lowest BCUT2D eigenvalue weighted by Gasteiger charge is -2.17. The number of pyridine rings is 1. The zero-order valence-electron chi connectivity index (χ0n) is 8.43. The van der Waals surface area contributed by atoms with Crippen LogP contribution in [0.1, 0.15) is 0 Å². The van der Waals surface area contributed by atoms with Gasteiger partial charge in [0.2, 0.25) is 5.82 Å². The molecule has 0 aliphatic heterocycles. The molecule has 1 heterocycles.